The highest BCUT2D eigenvalue weighted by Gasteiger charge is 2.04. The summed E-state index contributed by atoms with van der Waals surface area (Å²) in [6, 6.07) is 3.90. The lowest BCUT2D eigenvalue weighted by molar-refractivity contribution is 0.888. The number of aromatic nitrogens is 1. The van der Waals surface area contributed by atoms with Crippen LogP contribution in [0.4, 0.5) is 11.5 Å². The second-order valence-corrected chi connectivity index (χ2v) is 3.08. The van der Waals surface area contributed by atoms with Crippen molar-refractivity contribution in [2.24, 2.45) is 0 Å². The smallest absolute Gasteiger partial charge is 0.144 e. The van der Waals surface area contributed by atoms with E-state index in [1.54, 1.807) is 6.07 Å². The molecule has 0 aliphatic rings. The van der Waals surface area contributed by atoms with Crippen molar-refractivity contribution in [3.63, 3.8) is 0 Å². The molecule has 0 saturated carbocycles. The minimum absolute atomic E-state index is 0.253. The first-order valence-electron chi connectivity index (χ1n) is 4.05. The molecule has 0 amide bonds. The lowest BCUT2D eigenvalue weighted by Gasteiger charge is -2.10. The van der Waals surface area contributed by atoms with E-state index in [9.17, 15) is 0 Å². The summed E-state index contributed by atoms with van der Waals surface area (Å²) in [6.07, 6.45) is 1.53. The normalized spacial score (nSPS) is 9.69. The molecule has 0 unspecified atom stereocenters. The van der Waals surface area contributed by atoms with E-state index in [0.29, 0.717) is 17.1 Å². The molecular weight excluding hydrogens is 164 g/mol. The molecule has 0 radical (unpaired) electrons. The molecule has 3 N–H and O–H groups in total. The van der Waals surface area contributed by atoms with Gasteiger partial charge in [-0.25, -0.2) is 4.98 Å². The highest BCUT2D eigenvalue weighted by Crippen LogP contribution is 2.14. The minimum Gasteiger partial charge on any atom is -0.397 e. The Balaban J connectivity index is 3.01. The third-order valence-electron chi connectivity index (χ3n) is 1.45. The number of rotatable bonds is 2. The second kappa shape index (κ2) is 3.76. The van der Waals surface area contributed by atoms with E-state index in [-0.39, 0.29) is 6.04 Å². The summed E-state index contributed by atoms with van der Waals surface area (Å²) < 4.78 is 0. The van der Waals surface area contributed by atoms with Crippen LogP contribution in [0, 0.1) is 11.3 Å². The van der Waals surface area contributed by atoms with Gasteiger partial charge in [0.25, 0.3) is 0 Å². The number of nitriles is 1. The van der Waals surface area contributed by atoms with E-state index in [4.69, 9.17) is 11.0 Å². The maximum Gasteiger partial charge on any atom is 0.144 e. The number of nitrogens with two attached hydrogens (primary N) is 1. The Morgan fingerprint density at radius 2 is 2.31 bits per heavy atom. The summed E-state index contributed by atoms with van der Waals surface area (Å²) in [6.45, 7) is 3.97. The van der Waals surface area contributed by atoms with Gasteiger partial charge >= 0.3 is 0 Å². The Morgan fingerprint density at radius 1 is 1.62 bits per heavy atom. The Kier molecular flexibility index (Phi) is 2.70. The maximum absolute atomic E-state index is 8.77. The first-order chi connectivity index (χ1) is 6.13. The predicted molar refractivity (Wildman–Crippen MR) is 52.1 cm³/mol. The molecule has 1 rings (SSSR count). The van der Waals surface area contributed by atoms with Crippen molar-refractivity contribution in [2.75, 3.05) is 11.1 Å². The Morgan fingerprint density at radius 3 is 2.85 bits per heavy atom. The van der Waals surface area contributed by atoms with E-state index in [1.807, 2.05) is 19.9 Å². The van der Waals surface area contributed by atoms with Crippen LogP contribution in [-0.2, 0) is 0 Å². The van der Waals surface area contributed by atoms with E-state index in [1.165, 1.54) is 6.20 Å². The molecule has 0 atom stereocenters. The zero-order valence-electron chi connectivity index (χ0n) is 7.70. The van der Waals surface area contributed by atoms with E-state index >= 15 is 0 Å². The van der Waals surface area contributed by atoms with Crippen LogP contribution < -0.4 is 11.1 Å². The van der Waals surface area contributed by atoms with Crippen LogP contribution >= 0.6 is 0 Å². The van der Waals surface area contributed by atoms with E-state index in [0.717, 1.165) is 0 Å². The van der Waals surface area contributed by atoms with Gasteiger partial charge in [-0.2, -0.15) is 5.26 Å². The predicted octanol–water partition coefficient (Wildman–Crippen LogP) is 1.36. The number of hydrogen-bond donors (Lipinski definition) is 2. The van der Waals surface area contributed by atoms with Crippen LogP contribution in [0.15, 0.2) is 12.3 Å². The molecule has 0 aliphatic heterocycles. The standard InChI is InChI=1S/C9H12N4/c1-6(2)13-9-7(4-10)3-8(11)5-12-9/h3,5-6H,11H2,1-2H3,(H,12,13). The second-order valence-electron chi connectivity index (χ2n) is 3.08. The zero-order chi connectivity index (χ0) is 9.84. The average molecular weight is 176 g/mol. The number of hydrogen-bond acceptors (Lipinski definition) is 4. The molecular formula is C9H12N4. The number of nitrogens with one attached hydrogen (secondary N) is 1. The largest absolute Gasteiger partial charge is 0.397 e. The highest BCUT2D eigenvalue weighted by molar-refractivity contribution is 5.57. The van der Waals surface area contributed by atoms with Crippen LogP contribution in [0.5, 0.6) is 0 Å². The maximum atomic E-state index is 8.77. The van der Waals surface area contributed by atoms with Crippen molar-refractivity contribution in [2.45, 2.75) is 19.9 Å². The fourth-order valence-corrected chi connectivity index (χ4v) is 0.955. The molecule has 13 heavy (non-hydrogen) atoms. The summed E-state index contributed by atoms with van der Waals surface area (Å²) in [5.74, 6) is 0.590. The lowest BCUT2D eigenvalue weighted by atomic mass is 10.2. The van der Waals surface area contributed by atoms with Crippen LogP contribution in [0.2, 0.25) is 0 Å². The van der Waals surface area contributed by atoms with Gasteiger partial charge in [-0.15, -0.1) is 0 Å². The van der Waals surface area contributed by atoms with E-state index < -0.39 is 0 Å². The van der Waals surface area contributed by atoms with Crippen LogP contribution in [0.1, 0.15) is 19.4 Å². The first kappa shape index (κ1) is 9.33. The fourth-order valence-electron chi connectivity index (χ4n) is 0.955. The first-order valence-corrected chi connectivity index (χ1v) is 4.05. The lowest BCUT2D eigenvalue weighted by Crippen LogP contribution is -2.12. The van der Waals surface area contributed by atoms with Crippen molar-refractivity contribution < 1.29 is 0 Å². The topological polar surface area (TPSA) is 74.7 Å². The number of pyridine rings is 1. The fraction of sp³-hybridized carbons (Fsp3) is 0.333. The Labute approximate surface area is 77.4 Å². The molecule has 1 aromatic heterocycles. The molecule has 0 aromatic carbocycles. The SMILES string of the molecule is CC(C)Nc1ncc(N)cc1C#N. The van der Waals surface area contributed by atoms with Crippen molar-refractivity contribution in [1.29, 1.82) is 5.26 Å². The van der Waals surface area contributed by atoms with Gasteiger partial charge < -0.3 is 11.1 Å². The van der Waals surface area contributed by atoms with Gasteiger partial charge in [0.2, 0.25) is 0 Å². The highest BCUT2D eigenvalue weighted by atomic mass is 15.0. The number of nitrogens with zero attached hydrogens (tertiary/aromatic N) is 2. The molecule has 1 heterocycles. The Bertz CT molecular complexity index is 338. The van der Waals surface area contributed by atoms with Crippen LogP contribution in [0.25, 0.3) is 0 Å². The third-order valence-corrected chi connectivity index (χ3v) is 1.45. The molecule has 0 aliphatic carbocycles. The third kappa shape index (κ3) is 2.34. The average Bonchev–Trinajstić information content (AvgIpc) is 2.07. The molecule has 68 valence electrons. The van der Waals surface area contributed by atoms with Crippen LogP contribution in [-0.4, -0.2) is 11.0 Å². The van der Waals surface area contributed by atoms with Crippen molar-refractivity contribution >= 4 is 11.5 Å². The number of anilines is 2. The van der Waals surface area contributed by atoms with Gasteiger partial charge in [0.1, 0.15) is 11.9 Å². The molecule has 4 heteroatoms. The minimum atomic E-state index is 0.253. The van der Waals surface area contributed by atoms with Gasteiger partial charge in [0.05, 0.1) is 17.4 Å². The van der Waals surface area contributed by atoms with Crippen molar-refractivity contribution in [3.05, 3.63) is 17.8 Å². The van der Waals surface area contributed by atoms with Gasteiger partial charge in [-0.3, -0.25) is 0 Å². The zero-order valence-corrected chi connectivity index (χ0v) is 7.70. The summed E-state index contributed by atoms with van der Waals surface area (Å²) in [5.41, 5.74) is 6.48. The van der Waals surface area contributed by atoms with Gasteiger partial charge in [-0.1, -0.05) is 0 Å². The summed E-state index contributed by atoms with van der Waals surface area (Å²) in [5, 5.41) is 11.8. The molecule has 4 nitrogen and oxygen atoms in total. The molecule has 0 bridgehead atoms. The summed E-state index contributed by atoms with van der Waals surface area (Å²) in [4.78, 5) is 4.03. The monoisotopic (exact) mass is 176 g/mol. The summed E-state index contributed by atoms with van der Waals surface area (Å²) in [7, 11) is 0. The molecule has 0 spiro atoms. The van der Waals surface area contributed by atoms with Crippen molar-refractivity contribution in [3.8, 4) is 6.07 Å². The van der Waals surface area contributed by atoms with E-state index in [2.05, 4.69) is 10.3 Å². The van der Waals surface area contributed by atoms with Gasteiger partial charge in [-0.05, 0) is 19.9 Å². The molecule has 0 fully saturated rings. The molecule has 1 aromatic rings. The van der Waals surface area contributed by atoms with Crippen molar-refractivity contribution in [1.82, 2.24) is 4.98 Å². The Hall–Kier alpha value is -1.76. The van der Waals surface area contributed by atoms with Gasteiger partial charge in [0, 0.05) is 6.04 Å². The quantitative estimate of drug-likeness (QED) is 0.713. The molecule has 0 saturated heterocycles. The summed E-state index contributed by atoms with van der Waals surface area (Å²) >= 11 is 0. The van der Waals surface area contributed by atoms with Gasteiger partial charge in [0.15, 0.2) is 0 Å². The van der Waals surface area contributed by atoms with Crippen LogP contribution in [0.3, 0.4) is 0 Å². The number of nitrogen functional groups attached to an aromatic ring is 1.